The molecular formula is C13H17ClF2N2O2S. The van der Waals surface area contributed by atoms with Crippen LogP contribution in [0.1, 0.15) is 19.3 Å². The molecule has 0 saturated carbocycles. The predicted molar refractivity (Wildman–Crippen MR) is 76.9 cm³/mol. The van der Waals surface area contributed by atoms with Crippen molar-refractivity contribution in [2.75, 3.05) is 13.1 Å². The van der Waals surface area contributed by atoms with Gasteiger partial charge in [0, 0.05) is 25.2 Å². The first-order chi connectivity index (χ1) is 9.48. The zero-order valence-electron chi connectivity index (χ0n) is 11.3. The molecule has 0 radical (unpaired) electrons. The van der Waals surface area contributed by atoms with E-state index >= 15 is 0 Å². The third-order valence-corrected chi connectivity index (χ3v) is 5.92. The van der Waals surface area contributed by atoms with Gasteiger partial charge in [-0.05, 0) is 31.4 Å². The maximum atomic E-state index is 13.7. The molecule has 1 N–H and O–H groups in total. The van der Waals surface area contributed by atoms with Crippen molar-refractivity contribution < 1.29 is 17.2 Å². The Balaban J connectivity index is 0.00000161. The molecule has 0 aliphatic carbocycles. The molecule has 2 heterocycles. The van der Waals surface area contributed by atoms with E-state index in [9.17, 15) is 17.2 Å². The van der Waals surface area contributed by atoms with Crippen LogP contribution in [0.4, 0.5) is 8.78 Å². The Morgan fingerprint density at radius 2 is 1.71 bits per heavy atom. The van der Waals surface area contributed by atoms with E-state index in [1.807, 2.05) is 0 Å². The lowest BCUT2D eigenvalue weighted by Gasteiger charge is -2.24. The number of nitrogens with one attached hydrogen (secondary N) is 1. The number of nitrogens with zero attached hydrogens (tertiary/aromatic N) is 1. The highest BCUT2D eigenvalue weighted by molar-refractivity contribution is 7.89. The van der Waals surface area contributed by atoms with Gasteiger partial charge in [-0.3, -0.25) is 0 Å². The summed E-state index contributed by atoms with van der Waals surface area (Å²) in [5.41, 5.74) is 0. The number of hydrogen-bond donors (Lipinski definition) is 1. The molecule has 21 heavy (non-hydrogen) atoms. The summed E-state index contributed by atoms with van der Waals surface area (Å²) in [5.74, 6) is -2.07. The summed E-state index contributed by atoms with van der Waals surface area (Å²) in [6.45, 7) is 0.566. The van der Waals surface area contributed by atoms with Crippen LogP contribution in [0, 0.1) is 11.6 Å². The average Bonchev–Trinajstić information content (AvgIpc) is 2.67. The van der Waals surface area contributed by atoms with Crippen LogP contribution in [0.3, 0.4) is 0 Å². The van der Waals surface area contributed by atoms with Gasteiger partial charge < -0.3 is 5.32 Å². The molecule has 118 valence electrons. The van der Waals surface area contributed by atoms with E-state index in [4.69, 9.17) is 0 Å². The third-order valence-electron chi connectivity index (χ3n) is 4.00. The fraction of sp³-hybridized carbons (Fsp3) is 0.538. The fourth-order valence-electron chi connectivity index (χ4n) is 2.99. The molecule has 0 aromatic heterocycles. The van der Waals surface area contributed by atoms with Gasteiger partial charge in [-0.1, -0.05) is 6.07 Å². The fourth-order valence-corrected chi connectivity index (χ4v) is 4.60. The maximum Gasteiger partial charge on any atom is 0.248 e. The number of rotatable bonds is 2. The van der Waals surface area contributed by atoms with Crippen LogP contribution in [-0.4, -0.2) is 37.9 Å². The van der Waals surface area contributed by atoms with Crippen LogP contribution in [-0.2, 0) is 10.0 Å². The molecule has 2 bridgehead atoms. The van der Waals surface area contributed by atoms with E-state index in [-0.39, 0.29) is 25.0 Å². The molecule has 2 aliphatic rings. The van der Waals surface area contributed by atoms with Crippen molar-refractivity contribution in [1.82, 2.24) is 9.62 Å². The van der Waals surface area contributed by atoms with Crippen molar-refractivity contribution in [3.63, 3.8) is 0 Å². The first-order valence-corrected chi connectivity index (χ1v) is 8.12. The topological polar surface area (TPSA) is 49.4 Å². The van der Waals surface area contributed by atoms with Crippen LogP contribution in [0.25, 0.3) is 0 Å². The van der Waals surface area contributed by atoms with Crippen molar-refractivity contribution >= 4 is 22.4 Å². The van der Waals surface area contributed by atoms with Gasteiger partial charge in [0.25, 0.3) is 0 Å². The van der Waals surface area contributed by atoms with Gasteiger partial charge in [0.1, 0.15) is 11.6 Å². The van der Waals surface area contributed by atoms with Crippen LogP contribution in [0.5, 0.6) is 0 Å². The number of sulfonamides is 1. The second kappa shape index (κ2) is 6.16. The molecule has 2 aliphatic heterocycles. The Hall–Kier alpha value is -0.760. The molecule has 1 aromatic rings. The first-order valence-electron chi connectivity index (χ1n) is 6.68. The van der Waals surface area contributed by atoms with Gasteiger partial charge >= 0.3 is 0 Å². The monoisotopic (exact) mass is 338 g/mol. The summed E-state index contributed by atoms with van der Waals surface area (Å²) in [7, 11) is -4.13. The van der Waals surface area contributed by atoms with Gasteiger partial charge in [0.05, 0.1) is 0 Å². The highest BCUT2D eigenvalue weighted by Gasteiger charge is 2.37. The lowest BCUT2D eigenvalue weighted by molar-refractivity contribution is 0.377. The van der Waals surface area contributed by atoms with Crippen LogP contribution in [0.2, 0.25) is 0 Å². The molecule has 2 unspecified atom stereocenters. The zero-order valence-corrected chi connectivity index (χ0v) is 12.9. The number of benzene rings is 1. The molecule has 8 heteroatoms. The van der Waals surface area contributed by atoms with Gasteiger partial charge in [-0.2, -0.15) is 4.31 Å². The summed E-state index contributed by atoms with van der Waals surface area (Å²) in [6, 6.07) is 3.49. The minimum atomic E-state index is -4.13. The Morgan fingerprint density at radius 3 is 2.38 bits per heavy atom. The van der Waals surface area contributed by atoms with E-state index in [0.717, 1.165) is 31.0 Å². The van der Waals surface area contributed by atoms with Crippen molar-refractivity contribution in [2.24, 2.45) is 0 Å². The van der Waals surface area contributed by atoms with E-state index in [0.29, 0.717) is 19.0 Å². The van der Waals surface area contributed by atoms with Gasteiger partial charge in [0.2, 0.25) is 10.0 Å². The maximum absolute atomic E-state index is 13.7. The molecule has 0 spiro atoms. The van der Waals surface area contributed by atoms with E-state index in [2.05, 4.69) is 5.32 Å². The van der Waals surface area contributed by atoms with E-state index < -0.39 is 26.6 Å². The Bertz CT molecular complexity index is 606. The lowest BCUT2D eigenvalue weighted by Crippen LogP contribution is -2.39. The number of hydrogen-bond acceptors (Lipinski definition) is 3. The minimum absolute atomic E-state index is 0. The third kappa shape index (κ3) is 3.06. The van der Waals surface area contributed by atoms with E-state index in [1.165, 1.54) is 4.31 Å². The second-order valence-electron chi connectivity index (χ2n) is 5.34. The molecule has 2 fully saturated rings. The standard InChI is InChI=1S/C13H16F2N2O2S.ClH/c14-11-2-1-3-12(15)13(11)20(18,19)17-7-6-9-4-5-10(8-17)16-9;/h1-3,9-10,16H,4-8H2;1H. The molecular weight excluding hydrogens is 322 g/mol. The predicted octanol–water partition coefficient (Wildman–Crippen LogP) is 1.90. The quantitative estimate of drug-likeness (QED) is 0.896. The summed E-state index contributed by atoms with van der Waals surface area (Å²) in [4.78, 5) is -0.835. The van der Waals surface area contributed by atoms with Crippen molar-refractivity contribution in [3.8, 4) is 0 Å². The largest absolute Gasteiger partial charge is 0.310 e. The summed E-state index contributed by atoms with van der Waals surface area (Å²) in [5, 5.41) is 3.34. The highest BCUT2D eigenvalue weighted by Crippen LogP contribution is 2.27. The summed E-state index contributed by atoms with van der Waals surface area (Å²) in [6.07, 6.45) is 2.61. The van der Waals surface area contributed by atoms with Crippen molar-refractivity contribution in [1.29, 1.82) is 0 Å². The summed E-state index contributed by atoms with van der Waals surface area (Å²) >= 11 is 0. The lowest BCUT2D eigenvalue weighted by atomic mass is 10.1. The highest BCUT2D eigenvalue weighted by atomic mass is 35.5. The van der Waals surface area contributed by atoms with Gasteiger partial charge in [-0.15, -0.1) is 12.4 Å². The van der Waals surface area contributed by atoms with Crippen molar-refractivity contribution in [3.05, 3.63) is 29.8 Å². The number of halogens is 3. The Kier molecular flexibility index (Phi) is 4.87. The summed E-state index contributed by atoms with van der Waals surface area (Å²) < 4.78 is 53.6. The molecule has 1 aromatic carbocycles. The number of fused-ring (bicyclic) bond motifs is 2. The molecule has 0 amide bonds. The smallest absolute Gasteiger partial charge is 0.248 e. The first kappa shape index (κ1) is 16.6. The normalized spacial score (nSPS) is 26.2. The Labute approximate surface area is 129 Å². The van der Waals surface area contributed by atoms with E-state index in [1.54, 1.807) is 0 Å². The average molecular weight is 339 g/mol. The zero-order chi connectivity index (χ0) is 14.3. The Morgan fingerprint density at radius 1 is 1.10 bits per heavy atom. The second-order valence-corrected chi connectivity index (χ2v) is 7.22. The minimum Gasteiger partial charge on any atom is -0.310 e. The molecule has 4 nitrogen and oxygen atoms in total. The molecule has 3 rings (SSSR count). The molecule has 2 atom stereocenters. The van der Waals surface area contributed by atoms with Crippen LogP contribution >= 0.6 is 12.4 Å². The van der Waals surface area contributed by atoms with Crippen LogP contribution < -0.4 is 5.32 Å². The van der Waals surface area contributed by atoms with Crippen molar-refractivity contribution in [2.45, 2.75) is 36.2 Å². The molecule has 2 saturated heterocycles. The van der Waals surface area contributed by atoms with Crippen LogP contribution in [0.15, 0.2) is 23.1 Å². The van der Waals surface area contributed by atoms with Gasteiger partial charge in [-0.25, -0.2) is 17.2 Å². The SMILES string of the molecule is Cl.O=S(=O)(c1c(F)cccc1F)N1CCC2CCC(C1)N2. The van der Waals surface area contributed by atoms with Gasteiger partial charge in [0.15, 0.2) is 4.90 Å².